The van der Waals surface area contributed by atoms with E-state index >= 15 is 0 Å². The van der Waals surface area contributed by atoms with Gasteiger partial charge in [0.2, 0.25) is 10.0 Å². The highest BCUT2D eigenvalue weighted by atomic mass is 32.2. The zero-order valence-corrected chi connectivity index (χ0v) is 18.0. The summed E-state index contributed by atoms with van der Waals surface area (Å²) < 4.78 is 25.5. The van der Waals surface area contributed by atoms with Gasteiger partial charge in [0.25, 0.3) is 5.91 Å². The summed E-state index contributed by atoms with van der Waals surface area (Å²) in [7, 11) is 3.63. The fourth-order valence-electron chi connectivity index (χ4n) is 3.44. The Kier molecular flexibility index (Phi) is 7.02. The number of rotatable bonds is 6. The first-order valence-electron chi connectivity index (χ1n) is 9.26. The van der Waals surface area contributed by atoms with E-state index < -0.39 is 10.0 Å². The van der Waals surface area contributed by atoms with Crippen molar-refractivity contribution in [2.45, 2.75) is 30.8 Å². The quantitative estimate of drug-likeness (QED) is 0.719. The third-order valence-corrected chi connectivity index (χ3v) is 6.90. The Bertz CT molecular complexity index is 735. The predicted octanol–water partition coefficient (Wildman–Crippen LogP) is 1.03. The largest absolute Gasteiger partial charge is 0.336 e. The van der Waals surface area contributed by atoms with Crippen LogP contribution in [0.5, 0.6) is 0 Å². The van der Waals surface area contributed by atoms with Crippen LogP contribution in [0.2, 0.25) is 0 Å². The number of hydrogen-bond acceptors (Lipinski definition) is 5. The molecule has 0 N–H and O–H groups in total. The zero-order valence-electron chi connectivity index (χ0n) is 17.2. The van der Waals surface area contributed by atoms with E-state index in [2.05, 4.69) is 37.7 Å². The molecule has 8 heteroatoms. The van der Waals surface area contributed by atoms with Crippen LogP contribution in [-0.2, 0) is 10.0 Å². The number of nitrogens with zero attached hydrogens (tertiary/aromatic N) is 4. The fourth-order valence-corrected chi connectivity index (χ4v) is 4.34. The van der Waals surface area contributed by atoms with Crippen LogP contribution in [0.1, 0.15) is 24.2 Å². The van der Waals surface area contributed by atoms with Gasteiger partial charge in [-0.1, -0.05) is 0 Å². The summed E-state index contributed by atoms with van der Waals surface area (Å²) in [6, 6.07) is 6.78. The molecule has 7 nitrogen and oxygen atoms in total. The summed E-state index contributed by atoms with van der Waals surface area (Å²) in [5, 5.41) is 0. The molecule has 1 aromatic rings. The SMILES string of the molecule is CC1CN(C(=O)c2ccc(S(=O)(=O)N(C)C)cc2)CC(C)N1CCN(C)C. The second kappa shape index (κ2) is 8.68. The molecule has 0 aromatic heterocycles. The number of likely N-dealkylation sites (N-methyl/N-ethyl adjacent to an activating group) is 1. The maximum atomic E-state index is 12.9. The molecule has 1 aromatic carbocycles. The second-order valence-electron chi connectivity index (χ2n) is 7.76. The molecule has 1 heterocycles. The lowest BCUT2D eigenvalue weighted by atomic mass is 10.1. The standard InChI is InChI=1S/C19H32N4O3S/c1-15-13-22(14-16(2)23(15)12-11-20(3)4)19(24)17-7-9-18(10-8-17)27(25,26)21(5)6/h7-10,15-16H,11-14H2,1-6H3. The van der Waals surface area contributed by atoms with Crippen LogP contribution >= 0.6 is 0 Å². The Labute approximate surface area is 163 Å². The van der Waals surface area contributed by atoms with Gasteiger partial charge >= 0.3 is 0 Å². The monoisotopic (exact) mass is 396 g/mol. The molecule has 0 spiro atoms. The van der Waals surface area contributed by atoms with Gasteiger partial charge in [-0.3, -0.25) is 9.69 Å². The van der Waals surface area contributed by atoms with Crippen molar-refractivity contribution in [2.75, 3.05) is 54.4 Å². The predicted molar refractivity (Wildman–Crippen MR) is 107 cm³/mol. The Morgan fingerprint density at radius 3 is 2.00 bits per heavy atom. The van der Waals surface area contributed by atoms with Crippen LogP contribution in [0.4, 0.5) is 0 Å². The molecule has 1 fully saturated rings. The molecule has 0 saturated carbocycles. The smallest absolute Gasteiger partial charge is 0.253 e. The third-order valence-electron chi connectivity index (χ3n) is 5.07. The molecule has 2 atom stereocenters. The summed E-state index contributed by atoms with van der Waals surface area (Å²) in [5.74, 6) is -0.0465. The minimum atomic E-state index is -3.48. The number of carbonyl (C=O) groups is 1. The molecule has 27 heavy (non-hydrogen) atoms. The molecular weight excluding hydrogens is 364 g/mol. The van der Waals surface area contributed by atoms with E-state index in [9.17, 15) is 13.2 Å². The molecule has 1 aliphatic heterocycles. The van der Waals surface area contributed by atoms with Crippen LogP contribution in [-0.4, -0.2) is 99.8 Å². The average Bonchev–Trinajstić information content (AvgIpc) is 2.60. The molecule has 1 saturated heterocycles. The van der Waals surface area contributed by atoms with Crippen LogP contribution in [0, 0.1) is 0 Å². The minimum Gasteiger partial charge on any atom is -0.336 e. The number of piperazine rings is 1. The number of carbonyl (C=O) groups excluding carboxylic acids is 1. The Morgan fingerprint density at radius 1 is 1.04 bits per heavy atom. The Balaban J connectivity index is 2.08. The molecule has 2 unspecified atom stereocenters. The molecule has 152 valence electrons. The van der Waals surface area contributed by atoms with Crippen molar-refractivity contribution in [1.82, 2.24) is 19.0 Å². The fraction of sp³-hybridized carbons (Fsp3) is 0.632. The zero-order chi connectivity index (χ0) is 20.4. The lowest BCUT2D eigenvalue weighted by Crippen LogP contribution is -2.59. The van der Waals surface area contributed by atoms with Crippen molar-refractivity contribution in [3.63, 3.8) is 0 Å². The van der Waals surface area contributed by atoms with Crippen molar-refractivity contribution in [3.05, 3.63) is 29.8 Å². The molecular formula is C19H32N4O3S. The lowest BCUT2D eigenvalue weighted by molar-refractivity contribution is 0.0283. The summed E-state index contributed by atoms with van der Waals surface area (Å²) in [6.07, 6.45) is 0. The van der Waals surface area contributed by atoms with Crippen molar-refractivity contribution >= 4 is 15.9 Å². The topological polar surface area (TPSA) is 64.2 Å². The summed E-state index contributed by atoms with van der Waals surface area (Å²) in [6.45, 7) is 7.62. The highest BCUT2D eigenvalue weighted by molar-refractivity contribution is 7.89. The van der Waals surface area contributed by atoms with Crippen molar-refractivity contribution in [3.8, 4) is 0 Å². The van der Waals surface area contributed by atoms with Gasteiger partial charge in [-0.05, 0) is 52.2 Å². The summed E-state index contributed by atoms with van der Waals surface area (Å²) >= 11 is 0. The van der Waals surface area contributed by atoms with Crippen LogP contribution in [0.15, 0.2) is 29.2 Å². The van der Waals surface area contributed by atoms with Crippen LogP contribution in [0.25, 0.3) is 0 Å². The molecule has 1 amide bonds. The maximum Gasteiger partial charge on any atom is 0.253 e. The Hall–Kier alpha value is -1.48. The van der Waals surface area contributed by atoms with Crippen molar-refractivity contribution in [2.24, 2.45) is 0 Å². The number of hydrogen-bond donors (Lipinski definition) is 0. The van der Waals surface area contributed by atoms with Gasteiger partial charge in [-0.15, -0.1) is 0 Å². The van der Waals surface area contributed by atoms with Gasteiger partial charge in [0.1, 0.15) is 0 Å². The van der Waals surface area contributed by atoms with E-state index in [-0.39, 0.29) is 22.9 Å². The second-order valence-corrected chi connectivity index (χ2v) is 9.91. The highest BCUT2D eigenvalue weighted by Crippen LogP contribution is 2.19. The Morgan fingerprint density at radius 2 is 1.56 bits per heavy atom. The van der Waals surface area contributed by atoms with Crippen LogP contribution < -0.4 is 0 Å². The van der Waals surface area contributed by atoms with E-state index in [1.165, 1.54) is 30.5 Å². The average molecular weight is 397 g/mol. The summed E-state index contributed by atoms with van der Waals surface area (Å²) in [5.41, 5.74) is 0.522. The van der Waals surface area contributed by atoms with Gasteiger partial charge < -0.3 is 9.80 Å². The van der Waals surface area contributed by atoms with E-state index in [1.54, 1.807) is 12.1 Å². The molecule has 0 bridgehead atoms. The molecule has 2 rings (SSSR count). The molecule has 0 aliphatic carbocycles. The van der Waals surface area contributed by atoms with Gasteiger partial charge in [0, 0.05) is 57.9 Å². The molecule has 0 radical (unpaired) electrons. The number of amides is 1. The van der Waals surface area contributed by atoms with E-state index in [0.29, 0.717) is 18.7 Å². The van der Waals surface area contributed by atoms with Gasteiger partial charge in [-0.2, -0.15) is 0 Å². The van der Waals surface area contributed by atoms with Gasteiger partial charge in [0.15, 0.2) is 0 Å². The van der Waals surface area contributed by atoms with Crippen LogP contribution in [0.3, 0.4) is 0 Å². The lowest BCUT2D eigenvalue weighted by Gasteiger charge is -2.44. The van der Waals surface area contributed by atoms with Crippen molar-refractivity contribution < 1.29 is 13.2 Å². The first kappa shape index (κ1) is 21.8. The normalized spacial score (nSPS) is 21.9. The first-order valence-corrected chi connectivity index (χ1v) is 10.7. The van der Waals surface area contributed by atoms with E-state index in [0.717, 1.165) is 13.1 Å². The van der Waals surface area contributed by atoms with Gasteiger partial charge in [0.05, 0.1) is 4.90 Å². The number of sulfonamides is 1. The highest BCUT2D eigenvalue weighted by Gasteiger charge is 2.32. The first-order chi connectivity index (χ1) is 12.5. The van der Waals surface area contributed by atoms with E-state index in [1.807, 2.05) is 4.90 Å². The minimum absolute atomic E-state index is 0.0465. The van der Waals surface area contributed by atoms with Gasteiger partial charge in [-0.25, -0.2) is 12.7 Å². The maximum absolute atomic E-state index is 12.9. The number of benzene rings is 1. The molecule has 1 aliphatic rings. The van der Waals surface area contributed by atoms with E-state index in [4.69, 9.17) is 0 Å². The third kappa shape index (κ3) is 5.07. The summed E-state index contributed by atoms with van der Waals surface area (Å²) in [4.78, 5) is 19.6. The van der Waals surface area contributed by atoms with Crippen molar-refractivity contribution in [1.29, 1.82) is 0 Å².